The second-order valence-corrected chi connectivity index (χ2v) is 6.94. The Balaban J connectivity index is 1.42. The predicted octanol–water partition coefficient (Wildman–Crippen LogP) is 2.02. The summed E-state index contributed by atoms with van der Waals surface area (Å²) in [4.78, 5) is 38.0. The number of pyridine rings is 1. The van der Waals surface area contributed by atoms with Crippen molar-refractivity contribution in [3.8, 4) is 11.5 Å². The maximum atomic E-state index is 12.5. The molecule has 1 atom stereocenters. The fourth-order valence-corrected chi connectivity index (χ4v) is 3.40. The van der Waals surface area contributed by atoms with Crippen molar-refractivity contribution in [2.45, 2.75) is 26.1 Å². The summed E-state index contributed by atoms with van der Waals surface area (Å²) < 4.78 is 0. The molecule has 1 unspecified atom stereocenters. The number of benzene rings is 1. The minimum atomic E-state index is -0.387. The van der Waals surface area contributed by atoms with Gasteiger partial charge in [-0.1, -0.05) is 30.3 Å². The Morgan fingerprint density at radius 2 is 1.89 bits per heavy atom. The van der Waals surface area contributed by atoms with E-state index in [1.54, 1.807) is 18.3 Å². The Bertz CT molecular complexity index is 1020. The van der Waals surface area contributed by atoms with Crippen LogP contribution in [0.2, 0.25) is 0 Å². The topological polar surface area (TPSA) is 91.0 Å². The SMILES string of the molecule is CC(NC(=O)CN1Cc2ccccc2C1)c1cc(=O)[nH]c(-c2ccccn2)n1. The fraction of sp³-hybridized carbons (Fsp3) is 0.238. The van der Waals surface area contributed by atoms with Gasteiger partial charge in [0.05, 0.1) is 18.3 Å². The van der Waals surface area contributed by atoms with E-state index in [9.17, 15) is 9.59 Å². The Morgan fingerprint density at radius 1 is 1.18 bits per heavy atom. The second kappa shape index (κ2) is 7.74. The molecule has 1 aromatic carbocycles. The number of fused-ring (bicyclic) bond motifs is 1. The molecule has 7 nitrogen and oxygen atoms in total. The molecule has 7 heteroatoms. The minimum absolute atomic E-state index is 0.0956. The first kappa shape index (κ1) is 18.1. The van der Waals surface area contributed by atoms with Crippen LogP contribution in [0.25, 0.3) is 11.5 Å². The first-order valence-electron chi connectivity index (χ1n) is 9.19. The lowest BCUT2D eigenvalue weighted by Gasteiger charge is -2.18. The highest BCUT2D eigenvalue weighted by Gasteiger charge is 2.21. The zero-order chi connectivity index (χ0) is 19.5. The highest BCUT2D eigenvalue weighted by Crippen LogP contribution is 2.21. The maximum Gasteiger partial charge on any atom is 0.251 e. The van der Waals surface area contributed by atoms with Crippen molar-refractivity contribution in [3.05, 3.63) is 81.9 Å². The van der Waals surface area contributed by atoms with Crippen molar-refractivity contribution in [3.63, 3.8) is 0 Å². The first-order chi connectivity index (χ1) is 13.6. The van der Waals surface area contributed by atoms with E-state index < -0.39 is 0 Å². The summed E-state index contributed by atoms with van der Waals surface area (Å²) in [5.74, 6) is 0.293. The summed E-state index contributed by atoms with van der Waals surface area (Å²) >= 11 is 0. The average molecular weight is 375 g/mol. The van der Waals surface area contributed by atoms with Crippen LogP contribution in [0.1, 0.15) is 29.8 Å². The Hall–Kier alpha value is -3.32. The zero-order valence-electron chi connectivity index (χ0n) is 15.6. The summed E-state index contributed by atoms with van der Waals surface area (Å²) in [6.07, 6.45) is 1.64. The van der Waals surface area contributed by atoms with E-state index in [1.807, 2.05) is 25.1 Å². The second-order valence-electron chi connectivity index (χ2n) is 6.94. The molecule has 0 radical (unpaired) electrons. The van der Waals surface area contributed by atoms with Crippen LogP contribution in [0.4, 0.5) is 0 Å². The smallest absolute Gasteiger partial charge is 0.251 e. The standard InChI is InChI=1S/C21H21N5O2/c1-14(18-10-19(27)25-21(24-18)17-8-4-5-9-22-17)23-20(28)13-26-11-15-6-2-3-7-16(15)12-26/h2-10,14H,11-13H2,1H3,(H,23,28)(H,24,25,27). The third kappa shape index (κ3) is 3.99. The monoisotopic (exact) mass is 375 g/mol. The molecule has 2 aromatic heterocycles. The van der Waals surface area contributed by atoms with Gasteiger partial charge < -0.3 is 10.3 Å². The zero-order valence-corrected chi connectivity index (χ0v) is 15.6. The lowest BCUT2D eigenvalue weighted by atomic mass is 10.1. The van der Waals surface area contributed by atoms with Crippen molar-refractivity contribution in [1.29, 1.82) is 0 Å². The number of aromatic nitrogens is 3. The van der Waals surface area contributed by atoms with Crippen LogP contribution in [0, 0.1) is 0 Å². The number of carbonyl (C=O) groups excluding carboxylic acids is 1. The molecule has 4 rings (SSSR count). The molecule has 1 amide bonds. The highest BCUT2D eigenvalue weighted by molar-refractivity contribution is 5.78. The largest absolute Gasteiger partial charge is 0.347 e. The molecule has 0 fully saturated rings. The van der Waals surface area contributed by atoms with Gasteiger partial charge in [-0.3, -0.25) is 19.5 Å². The number of hydrogen-bond acceptors (Lipinski definition) is 5. The molecule has 0 spiro atoms. The van der Waals surface area contributed by atoms with Crippen molar-refractivity contribution in [2.24, 2.45) is 0 Å². The maximum absolute atomic E-state index is 12.5. The third-order valence-electron chi connectivity index (χ3n) is 4.76. The molecule has 1 aliphatic rings. The Labute approximate surface area is 162 Å². The molecule has 0 bridgehead atoms. The number of rotatable bonds is 5. The highest BCUT2D eigenvalue weighted by atomic mass is 16.2. The van der Waals surface area contributed by atoms with E-state index in [-0.39, 0.29) is 17.5 Å². The lowest BCUT2D eigenvalue weighted by Crippen LogP contribution is -2.36. The van der Waals surface area contributed by atoms with Crippen LogP contribution in [0.15, 0.2) is 59.5 Å². The van der Waals surface area contributed by atoms with Gasteiger partial charge in [-0.2, -0.15) is 0 Å². The van der Waals surface area contributed by atoms with Gasteiger partial charge in [0.1, 0.15) is 5.69 Å². The number of carbonyl (C=O) groups is 1. The Morgan fingerprint density at radius 3 is 2.57 bits per heavy atom. The minimum Gasteiger partial charge on any atom is -0.347 e. The van der Waals surface area contributed by atoms with Crippen LogP contribution in [0.5, 0.6) is 0 Å². The van der Waals surface area contributed by atoms with Crippen LogP contribution in [0.3, 0.4) is 0 Å². The van der Waals surface area contributed by atoms with E-state index in [0.29, 0.717) is 23.8 Å². The molecule has 3 aromatic rings. The summed E-state index contributed by atoms with van der Waals surface area (Å²) in [7, 11) is 0. The van der Waals surface area contributed by atoms with E-state index in [4.69, 9.17) is 0 Å². The molecule has 0 saturated carbocycles. The summed E-state index contributed by atoms with van der Waals surface area (Å²) in [6.45, 7) is 3.66. The number of hydrogen-bond donors (Lipinski definition) is 2. The quantitative estimate of drug-likeness (QED) is 0.712. The van der Waals surface area contributed by atoms with Crippen molar-refractivity contribution in [1.82, 2.24) is 25.2 Å². The van der Waals surface area contributed by atoms with E-state index in [2.05, 4.69) is 37.3 Å². The van der Waals surface area contributed by atoms with Crippen molar-refractivity contribution in [2.75, 3.05) is 6.54 Å². The molecule has 3 heterocycles. The normalized spacial score (nSPS) is 14.5. The molecular weight excluding hydrogens is 354 g/mol. The first-order valence-corrected chi connectivity index (χ1v) is 9.19. The molecule has 0 aliphatic carbocycles. The van der Waals surface area contributed by atoms with Gasteiger partial charge in [-0.05, 0) is 30.2 Å². The number of aromatic amines is 1. The van der Waals surface area contributed by atoms with Gasteiger partial charge in [0.25, 0.3) is 5.56 Å². The van der Waals surface area contributed by atoms with Gasteiger partial charge in [0.15, 0.2) is 5.82 Å². The van der Waals surface area contributed by atoms with Gasteiger partial charge in [-0.15, -0.1) is 0 Å². The van der Waals surface area contributed by atoms with Crippen LogP contribution >= 0.6 is 0 Å². The average Bonchev–Trinajstić information content (AvgIpc) is 3.10. The summed E-state index contributed by atoms with van der Waals surface area (Å²) in [6, 6.07) is 14.6. The molecule has 0 saturated heterocycles. The Kier molecular flexibility index (Phi) is 4.99. The van der Waals surface area contributed by atoms with Crippen LogP contribution in [-0.4, -0.2) is 32.3 Å². The van der Waals surface area contributed by atoms with E-state index in [0.717, 1.165) is 13.1 Å². The molecule has 1 aliphatic heterocycles. The third-order valence-corrected chi connectivity index (χ3v) is 4.76. The molecule has 2 N–H and O–H groups in total. The van der Waals surface area contributed by atoms with Crippen molar-refractivity contribution >= 4 is 5.91 Å². The molecular formula is C21H21N5O2. The number of nitrogens with one attached hydrogen (secondary N) is 2. The van der Waals surface area contributed by atoms with Crippen molar-refractivity contribution < 1.29 is 4.79 Å². The van der Waals surface area contributed by atoms with Gasteiger partial charge in [-0.25, -0.2) is 4.98 Å². The number of nitrogens with zero attached hydrogens (tertiary/aromatic N) is 3. The summed E-state index contributed by atoms with van der Waals surface area (Å²) in [5.41, 5.74) is 3.33. The fourth-order valence-electron chi connectivity index (χ4n) is 3.40. The van der Waals surface area contributed by atoms with E-state index >= 15 is 0 Å². The predicted molar refractivity (Wildman–Crippen MR) is 105 cm³/mol. The number of H-pyrrole nitrogens is 1. The number of amides is 1. The van der Waals surface area contributed by atoms with Gasteiger partial charge in [0.2, 0.25) is 5.91 Å². The summed E-state index contributed by atoms with van der Waals surface area (Å²) in [5, 5.41) is 2.94. The van der Waals surface area contributed by atoms with Crippen LogP contribution in [-0.2, 0) is 17.9 Å². The lowest BCUT2D eigenvalue weighted by molar-refractivity contribution is -0.123. The van der Waals surface area contributed by atoms with Gasteiger partial charge in [0, 0.05) is 25.4 Å². The van der Waals surface area contributed by atoms with Gasteiger partial charge >= 0.3 is 0 Å². The molecule has 28 heavy (non-hydrogen) atoms. The van der Waals surface area contributed by atoms with Crippen LogP contribution < -0.4 is 10.9 Å². The van der Waals surface area contributed by atoms with E-state index in [1.165, 1.54) is 17.2 Å². The molecule has 142 valence electrons.